The maximum atomic E-state index is 13.8. The van der Waals surface area contributed by atoms with Crippen molar-refractivity contribution in [3.8, 4) is 11.3 Å². The monoisotopic (exact) mass is 427 g/mol. The first-order valence-corrected chi connectivity index (χ1v) is 9.92. The van der Waals surface area contributed by atoms with Gasteiger partial charge in [-0.3, -0.25) is 9.78 Å². The Morgan fingerprint density at radius 1 is 1.09 bits per heavy atom. The highest BCUT2D eigenvalue weighted by molar-refractivity contribution is 5.88. The maximum Gasteiger partial charge on any atom is 0.223 e. The Kier molecular flexibility index (Phi) is 4.70. The molecule has 0 amide bonds. The van der Waals surface area contributed by atoms with Gasteiger partial charge in [-0.2, -0.15) is 9.97 Å². The minimum atomic E-state index is -0.390. The number of nitrogens with two attached hydrogens (primary N) is 1. The molecule has 158 valence electrons. The molecule has 5 aromatic rings. The SMILES string of the molecule is C[C@H](Nc1nc(N)nc2[nH]ccc(=O)c12)c1nc2ccc(F)cc2cc1-c1ccccn1. The average molecular weight is 427 g/mol. The highest BCUT2D eigenvalue weighted by atomic mass is 19.1. The summed E-state index contributed by atoms with van der Waals surface area (Å²) in [6.07, 6.45) is 3.19. The molecule has 32 heavy (non-hydrogen) atoms. The van der Waals surface area contributed by atoms with Crippen LogP contribution in [0.1, 0.15) is 18.7 Å². The predicted octanol–water partition coefficient (Wildman–Crippen LogP) is 3.82. The van der Waals surface area contributed by atoms with E-state index in [1.165, 1.54) is 24.4 Å². The van der Waals surface area contributed by atoms with Crippen molar-refractivity contribution in [1.29, 1.82) is 0 Å². The summed E-state index contributed by atoms with van der Waals surface area (Å²) in [4.78, 5) is 33.0. The van der Waals surface area contributed by atoms with Crippen molar-refractivity contribution in [3.05, 3.63) is 82.7 Å². The Morgan fingerprint density at radius 3 is 2.78 bits per heavy atom. The van der Waals surface area contributed by atoms with E-state index in [2.05, 4.69) is 25.3 Å². The van der Waals surface area contributed by atoms with Crippen LogP contribution in [0.25, 0.3) is 33.2 Å². The first kappa shape index (κ1) is 19.6. The molecule has 0 aliphatic rings. The molecule has 0 radical (unpaired) electrons. The number of rotatable bonds is 4. The van der Waals surface area contributed by atoms with Crippen LogP contribution in [0.15, 0.2) is 65.7 Å². The number of nitrogen functional groups attached to an aromatic ring is 1. The normalized spacial score (nSPS) is 12.2. The molecule has 4 aromatic heterocycles. The van der Waals surface area contributed by atoms with Gasteiger partial charge in [0.15, 0.2) is 5.43 Å². The van der Waals surface area contributed by atoms with Gasteiger partial charge in [-0.05, 0) is 43.3 Å². The summed E-state index contributed by atoms with van der Waals surface area (Å²) in [7, 11) is 0. The van der Waals surface area contributed by atoms with Gasteiger partial charge in [-0.1, -0.05) is 6.07 Å². The molecule has 4 N–H and O–H groups in total. The fourth-order valence-corrected chi connectivity index (χ4v) is 3.69. The Hall–Kier alpha value is -4.40. The van der Waals surface area contributed by atoms with E-state index >= 15 is 0 Å². The molecule has 0 aliphatic carbocycles. The fourth-order valence-electron chi connectivity index (χ4n) is 3.69. The van der Waals surface area contributed by atoms with Gasteiger partial charge in [0.2, 0.25) is 5.95 Å². The van der Waals surface area contributed by atoms with Crippen LogP contribution in [0.4, 0.5) is 16.2 Å². The molecule has 1 atom stereocenters. The summed E-state index contributed by atoms with van der Waals surface area (Å²) >= 11 is 0. The van der Waals surface area contributed by atoms with E-state index in [1.807, 2.05) is 31.2 Å². The smallest absolute Gasteiger partial charge is 0.223 e. The summed E-state index contributed by atoms with van der Waals surface area (Å²) in [5, 5.41) is 4.22. The molecule has 0 bridgehead atoms. The zero-order chi connectivity index (χ0) is 22.2. The van der Waals surface area contributed by atoms with Crippen LogP contribution in [0.5, 0.6) is 0 Å². The number of halogens is 1. The number of hydrogen-bond donors (Lipinski definition) is 3. The predicted molar refractivity (Wildman–Crippen MR) is 122 cm³/mol. The van der Waals surface area contributed by atoms with Gasteiger partial charge in [-0.15, -0.1) is 0 Å². The third-order valence-corrected chi connectivity index (χ3v) is 5.14. The number of hydrogen-bond acceptors (Lipinski definition) is 7. The van der Waals surface area contributed by atoms with E-state index in [0.717, 1.165) is 5.56 Å². The second-order valence-electron chi connectivity index (χ2n) is 7.34. The molecular formula is C23H18FN7O. The number of aromatic amines is 1. The second-order valence-corrected chi connectivity index (χ2v) is 7.34. The molecule has 4 heterocycles. The Morgan fingerprint density at radius 2 is 1.97 bits per heavy atom. The van der Waals surface area contributed by atoms with Crippen molar-refractivity contribution >= 4 is 33.7 Å². The zero-order valence-corrected chi connectivity index (χ0v) is 17.0. The first-order chi connectivity index (χ1) is 15.5. The zero-order valence-electron chi connectivity index (χ0n) is 17.0. The van der Waals surface area contributed by atoms with E-state index in [0.29, 0.717) is 39.1 Å². The van der Waals surface area contributed by atoms with Gasteiger partial charge in [-0.25, -0.2) is 9.37 Å². The van der Waals surface area contributed by atoms with Crippen LogP contribution < -0.4 is 16.5 Å². The van der Waals surface area contributed by atoms with Gasteiger partial charge in [0.25, 0.3) is 0 Å². The quantitative estimate of drug-likeness (QED) is 0.398. The van der Waals surface area contributed by atoms with Crippen molar-refractivity contribution < 1.29 is 4.39 Å². The molecular weight excluding hydrogens is 409 g/mol. The lowest BCUT2D eigenvalue weighted by molar-refractivity contribution is 0.629. The van der Waals surface area contributed by atoms with Crippen molar-refractivity contribution in [2.24, 2.45) is 0 Å². The van der Waals surface area contributed by atoms with Crippen LogP contribution >= 0.6 is 0 Å². The molecule has 8 nitrogen and oxygen atoms in total. The second kappa shape index (κ2) is 7.69. The number of aromatic nitrogens is 5. The molecule has 1 aromatic carbocycles. The largest absolute Gasteiger partial charge is 0.368 e. The van der Waals surface area contributed by atoms with Crippen LogP contribution in [0.2, 0.25) is 0 Å². The maximum absolute atomic E-state index is 13.8. The lowest BCUT2D eigenvalue weighted by atomic mass is 10.0. The van der Waals surface area contributed by atoms with Crippen LogP contribution in [-0.2, 0) is 0 Å². The third kappa shape index (κ3) is 3.49. The lowest BCUT2D eigenvalue weighted by Crippen LogP contribution is -2.16. The number of benzene rings is 1. The highest BCUT2D eigenvalue weighted by Crippen LogP contribution is 2.31. The fraction of sp³-hybridized carbons (Fsp3) is 0.0870. The van der Waals surface area contributed by atoms with Gasteiger partial charge in [0, 0.05) is 29.4 Å². The van der Waals surface area contributed by atoms with Crippen LogP contribution in [-0.4, -0.2) is 24.9 Å². The van der Waals surface area contributed by atoms with Gasteiger partial charge in [0.1, 0.15) is 22.7 Å². The Balaban J connectivity index is 1.67. The molecule has 9 heteroatoms. The van der Waals surface area contributed by atoms with Gasteiger partial charge < -0.3 is 16.0 Å². The molecule has 0 spiro atoms. The lowest BCUT2D eigenvalue weighted by Gasteiger charge is -2.19. The summed E-state index contributed by atoms with van der Waals surface area (Å²) in [6, 6.07) is 12.9. The minimum absolute atomic E-state index is 0.0287. The van der Waals surface area contributed by atoms with Gasteiger partial charge in [0.05, 0.1) is 22.9 Å². The Bertz CT molecular complexity index is 1520. The van der Waals surface area contributed by atoms with Gasteiger partial charge >= 0.3 is 0 Å². The number of fused-ring (bicyclic) bond motifs is 2. The standard InChI is InChI=1S/C23H18FN7O/c1-12(28-22-19-18(32)7-9-27-21(19)30-23(25)31-22)20-15(17-4-2-3-8-26-17)11-13-10-14(24)5-6-16(13)29-20/h2-12H,1H3,(H4,25,27,28,30,31,32)/t12-/m0/s1. The molecule has 0 saturated carbocycles. The van der Waals surface area contributed by atoms with Crippen molar-refractivity contribution in [2.45, 2.75) is 13.0 Å². The van der Waals surface area contributed by atoms with Crippen LogP contribution in [0, 0.1) is 5.82 Å². The summed E-state index contributed by atoms with van der Waals surface area (Å²) in [5.74, 6) is -0.0110. The van der Waals surface area contributed by atoms with E-state index in [9.17, 15) is 9.18 Å². The van der Waals surface area contributed by atoms with E-state index in [1.54, 1.807) is 12.3 Å². The Labute approximate surface area is 181 Å². The number of nitrogens with zero attached hydrogens (tertiary/aromatic N) is 4. The first-order valence-electron chi connectivity index (χ1n) is 9.92. The van der Waals surface area contributed by atoms with Crippen molar-refractivity contribution in [2.75, 3.05) is 11.1 Å². The number of pyridine rings is 3. The van der Waals surface area contributed by atoms with E-state index in [-0.39, 0.29) is 17.2 Å². The molecule has 0 fully saturated rings. The van der Waals surface area contributed by atoms with Crippen molar-refractivity contribution in [3.63, 3.8) is 0 Å². The summed E-state index contributed by atoms with van der Waals surface area (Å²) in [6.45, 7) is 1.89. The molecule has 0 saturated heterocycles. The third-order valence-electron chi connectivity index (χ3n) is 5.14. The summed E-state index contributed by atoms with van der Waals surface area (Å²) in [5.41, 5.74) is 8.70. The van der Waals surface area contributed by atoms with Crippen molar-refractivity contribution in [1.82, 2.24) is 24.9 Å². The topological polar surface area (TPSA) is 122 Å². The average Bonchev–Trinajstić information content (AvgIpc) is 2.78. The van der Waals surface area contributed by atoms with E-state index in [4.69, 9.17) is 10.7 Å². The van der Waals surface area contributed by atoms with E-state index < -0.39 is 6.04 Å². The minimum Gasteiger partial charge on any atom is -0.368 e. The highest BCUT2D eigenvalue weighted by Gasteiger charge is 2.19. The van der Waals surface area contributed by atoms with Crippen LogP contribution in [0.3, 0.4) is 0 Å². The number of anilines is 2. The molecule has 5 rings (SSSR count). The molecule has 0 aliphatic heterocycles. The number of nitrogens with one attached hydrogen (secondary N) is 2. The number of H-pyrrole nitrogens is 1. The molecule has 0 unspecified atom stereocenters. The summed E-state index contributed by atoms with van der Waals surface area (Å²) < 4.78 is 13.8.